The van der Waals surface area contributed by atoms with Crippen LogP contribution in [0.5, 0.6) is 0 Å². The van der Waals surface area contributed by atoms with E-state index in [0.717, 1.165) is 6.07 Å². The molecule has 0 aromatic heterocycles. The van der Waals surface area contributed by atoms with Crippen molar-refractivity contribution in [2.45, 2.75) is 45.2 Å². The first kappa shape index (κ1) is 18.8. The number of carbonyl (C=O) groups excluding carboxylic acids is 1. The van der Waals surface area contributed by atoms with Gasteiger partial charge in [-0.3, -0.25) is 4.79 Å². The number of rotatable bonds is 3. The van der Waals surface area contributed by atoms with Crippen molar-refractivity contribution in [3.63, 3.8) is 0 Å². The average Bonchev–Trinajstić information content (AvgIpc) is 2.52. The molecule has 1 aliphatic rings. The standard InChI is InChI=1S/C18H24F3NO2/c1-16(2,3)15(23)22-12-17(7-9-24-10-8-17)13-5-4-6-14(11-13)18(19,20)21/h4-6,11H,7-10,12H2,1-3H3,(H,22,23). The summed E-state index contributed by atoms with van der Waals surface area (Å²) in [6.07, 6.45) is -3.21. The van der Waals surface area contributed by atoms with Gasteiger partial charge in [0.05, 0.1) is 5.56 Å². The first-order valence-electron chi connectivity index (χ1n) is 8.08. The predicted octanol–water partition coefficient (Wildman–Crippen LogP) is 3.92. The molecule has 0 radical (unpaired) electrons. The zero-order valence-corrected chi connectivity index (χ0v) is 14.3. The highest BCUT2D eigenvalue weighted by atomic mass is 19.4. The first-order valence-corrected chi connectivity index (χ1v) is 8.08. The van der Waals surface area contributed by atoms with E-state index >= 15 is 0 Å². The van der Waals surface area contributed by atoms with Crippen molar-refractivity contribution in [3.05, 3.63) is 35.4 Å². The van der Waals surface area contributed by atoms with Crippen molar-refractivity contribution in [2.75, 3.05) is 19.8 Å². The molecule has 1 aliphatic heterocycles. The summed E-state index contributed by atoms with van der Waals surface area (Å²) in [5, 5.41) is 2.91. The Kier molecular flexibility index (Phi) is 5.28. The summed E-state index contributed by atoms with van der Waals surface area (Å²) < 4.78 is 44.5. The second-order valence-corrected chi connectivity index (χ2v) is 7.40. The van der Waals surface area contributed by atoms with Gasteiger partial charge < -0.3 is 10.1 Å². The first-order chi connectivity index (χ1) is 11.0. The van der Waals surface area contributed by atoms with Crippen molar-refractivity contribution in [1.29, 1.82) is 0 Å². The van der Waals surface area contributed by atoms with Crippen LogP contribution in [0, 0.1) is 5.41 Å². The molecule has 3 nitrogen and oxygen atoms in total. The number of ether oxygens (including phenoxy) is 1. The molecule has 1 aromatic rings. The highest BCUT2D eigenvalue weighted by Gasteiger charge is 2.38. The molecule has 1 N–H and O–H groups in total. The van der Waals surface area contributed by atoms with Gasteiger partial charge in [-0.25, -0.2) is 0 Å². The molecule has 0 atom stereocenters. The Hall–Kier alpha value is -1.56. The Labute approximate surface area is 140 Å². The molecule has 1 fully saturated rings. The molecule has 1 heterocycles. The van der Waals surface area contributed by atoms with Crippen LogP contribution < -0.4 is 5.32 Å². The minimum Gasteiger partial charge on any atom is -0.381 e. The van der Waals surface area contributed by atoms with Gasteiger partial charge in [0.15, 0.2) is 0 Å². The van der Waals surface area contributed by atoms with Crippen molar-refractivity contribution in [1.82, 2.24) is 5.32 Å². The van der Waals surface area contributed by atoms with E-state index in [9.17, 15) is 18.0 Å². The van der Waals surface area contributed by atoms with Crippen molar-refractivity contribution >= 4 is 5.91 Å². The molecule has 1 amide bonds. The van der Waals surface area contributed by atoms with Gasteiger partial charge in [-0.1, -0.05) is 39.0 Å². The zero-order valence-electron chi connectivity index (χ0n) is 14.3. The Balaban J connectivity index is 2.30. The van der Waals surface area contributed by atoms with E-state index in [-0.39, 0.29) is 5.91 Å². The minimum absolute atomic E-state index is 0.111. The third-order valence-corrected chi connectivity index (χ3v) is 4.52. The summed E-state index contributed by atoms with van der Waals surface area (Å²) >= 11 is 0. The number of alkyl halides is 3. The highest BCUT2D eigenvalue weighted by molar-refractivity contribution is 5.81. The van der Waals surface area contributed by atoms with Gasteiger partial charge in [-0.15, -0.1) is 0 Å². The number of amides is 1. The quantitative estimate of drug-likeness (QED) is 0.903. The smallest absolute Gasteiger partial charge is 0.381 e. The van der Waals surface area contributed by atoms with Crippen LogP contribution in [0.2, 0.25) is 0 Å². The lowest BCUT2D eigenvalue weighted by Gasteiger charge is -2.38. The van der Waals surface area contributed by atoms with Crippen LogP contribution in [-0.2, 0) is 21.1 Å². The van der Waals surface area contributed by atoms with E-state index in [0.29, 0.717) is 38.2 Å². The Bertz CT molecular complexity index is 585. The van der Waals surface area contributed by atoms with E-state index in [1.807, 2.05) is 20.8 Å². The molecule has 0 bridgehead atoms. The molecular formula is C18H24F3NO2. The fourth-order valence-electron chi connectivity index (χ4n) is 2.87. The summed E-state index contributed by atoms with van der Waals surface area (Å²) in [7, 11) is 0. The van der Waals surface area contributed by atoms with Crippen molar-refractivity contribution < 1.29 is 22.7 Å². The Morgan fingerprint density at radius 1 is 1.21 bits per heavy atom. The van der Waals surface area contributed by atoms with E-state index in [1.165, 1.54) is 12.1 Å². The van der Waals surface area contributed by atoms with Crippen LogP contribution in [0.25, 0.3) is 0 Å². The number of carbonyl (C=O) groups is 1. The third kappa shape index (κ3) is 4.29. The maximum absolute atomic E-state index is 13.0. The summed E-state index contributed by atoms with van der Waals surface area (Å²) in [6, 6.07) is 5.42. The van der Waals surface area contributed by atoms with E-state index in [4.69, 9.17) is 4.74 Å². The van der Waals surface area contributed by atoms with Crippen molar-refractivity contribution in [3.8, 4) is 0 Å². The molecule has 2 rings (SSSR count). The minimum atomic E-state index is -4.38. The Morgan fingerprint density at radius 3 is 2.38 bits per heavy atom. The SMILES string of the molecule is CC(C)(C)C(=O)NCC1(c2cccc(C(F)(F)F)c2)CCOCC1. The molecule has 0 spiro atoms. The van der Waals surface area contributed by atoms with Crippen molar-refractivity contribution in [2.24, 2.45) is 5.41 Å². The molecule has 1 saturated heterocycles. The molecule has 0 aliphatic carbocycles. The fourth-order valence-corrected chi connectivity index (χ4v) is 2.87. The highest BCUT2D eigenvalue weighted by Crippen LogP contribution is 2.38. The largest absolute Gasteiger partial charge is 0.416 e. The molecule has 1 aromatic carbocycles. The maximum atomic E-state index is 13.0. The second-order valence-electron chi connectivity index (χ2n) is 7.40. The second kappa shape index (κ2) is 6.75. The molecule has 134 valence electrons. The van der Waals surface area contributed by atoms with Crippen LogP contribution in [0.3, 0.4) is 0 Å². The van der Waals surface area contributed by atoms with Gasteiger partial charge in [0.2, 0.25) is 5.91 Å². The van der Waals surface area contributed by atoms with Crippen LogP contribution in [0.4, 0.5) is 13.2 Å². The monoisotopic (exact) mass is 343 g/mol. The predicted molar refractivity (Wildman–Crippen MR) is 85.6 cm³/mol. The lowest BCUT2D eigenvalue weighted by molar-refractivity contribution is -0.137. The van der Waals surface area contributed by atoms with Gasteiger partial charge in [-0.05, 0) is 24.5 Å². The van der Waals surface area contributed by atoms with Crippen LogP contribution in [0.1, 0.15) is 44.7 Å². The summed E-state index contributed by atoms with van der Waals surface area (Å²) in [4.78, 5) is 12.2. The topological polar surface area (TPSA) is 38.3 Å². The number of benzene rings is 1. The zero-order chi connectivity index (χ0) is 18.0. The molecule has 24 heavy (non-hydrogen) atoms. The number of halogens is 3. The number of hydrogen-bond acceptors (Lipinski definition) is 2. The molecule has 6 heteroatoms. The normalized spacial score (nSPS) is 18.2. The molecular weight excluding hydrogens is 319 g/mol. The summed E-state index contributed by atoms with van der Waals surface area (Å²) in [5.41, 5.74) is -1.12. The molecule has 0 saturated carbocycles. The summed E-state index contributed by atoms with van der Waals surface area (Å²) in [5.74, 6) is -0.111. The maximum Gasteiger partial charge on any atom is 0.416 e. The lowest BCUT2D eigenvalue weighted by atomic mass is 9.73. The van der Waals surface area contributed by atoms with E-state index in [2.05, 4.69) is 5.32 Å². The van der Waals surface area contributed by atoms with Gasteiger partial charge in [0.1, 0.15) is 0 Å². The van der Waals surface area contributed by atoms with Crippen LogP contribution in [-0.4, -0.2) is 25.7 Å². The van der Waals surface area contributed by atoms with Gasteiger partial charge in [0, 0.05) is 30.6 Å². The Morgan fingerprint density at radius 2 is 1.83 bits per heavy atom. The van der Waals surface area contributed by atoms with Crippen LogP contribution in [0.15, 0.2) is 24.3 Å². The number of nitrogens with one attached hydrogen (secondary N) is 1. The fraction of sp³-hybridized carbons (Fsp3) is 0.611. The van der Waals surface area contributed by atoms with E-state index < -0.39 is 22.6 Å². The average molecular weight is 343 g/mol. The van der Waals surface area contributed by atoms with E-state index in [1.54, 1.807) is 6.07 Å². The lowest BCUT2D eigenvalue weighted by Crippen LogP contribution is -2.47. The third-order valence-electron chi connectivity index (χ3n) is 4.52. The van der Waals surface area contributed by atoms with Gasteiger partial charge >= 0.3 is 6.18 Å². The number of hydrogen-bond donors (Lipinski definition) is 1. The van der Waals surface area contributed by atoms with Gasteiger partial charge in [0.25, 0.3) is 0 Å². The molecule has 0 unspecified atom stereocenters. The van der Waals surface area contributed by atoms with Crippen LogP contribution >= 0.6 is 0 Å². The van der Waals surface area contributed by atoms with Gasteiger partial charge in [-0.2, -0.15) is 13.2 Å². The summed E-state index contributed by atoms with van der Waals surface area (Å²) in [6.45, 7) is 6.69.